The third kappa shape index (κ3) is 2.41. The number of halogens is 2. The highest BCUT2D eigenvalue weighted by molar-refractivity contribution is 6.31. The van der Waals surface area contributed by atoms with E-state index in [1.807, 2.05) is 0 Å². The molecule has 6 heteroatoms. The molecular formula is C11H10ClFN4. The predicted octanol–water partition coefficient (Wildman–Crippen LogP) is 1.82. The van der Waals surface area contributed by atoms with Crippen LogP contribution in [0.1, 0.15) is 17.2 Å². The van der Waals surface area contributed by atoms with Gasteiger partial charge < -0.3 is 0 Å². The van der Waals surface area contributed by atoms with Crippen LogP contribution >= 0.6 is 11.6 Å². The molecule has 0 radical (unpaired) electrons. The van der Waals surface area contributed by atoms with Gasteiger partial charge in [-0.1, -0.05) is 11.6 Å². The van der Waals surface area contributed by atoms with Crippen LogP contribution in [0, 0.1) is 5.82 Å². The van der Waals surface area contributed by atoms with Gasteiger partial charge in [0.15, 0.2) is 0 Å². The van der Waals surface area contributed by atoms with E-state index in [-0.39, 0.29) is 0 Å². The number of nitrogens with zero attached hydrogens (tertiary/aromatic N) is 2. The molecule has 1 atom stereocenters. The normalized spacial score (nSPS) is 12.4. The fourth-order valence-corrected chi connectivity index (χ4v) is 1.82. The molecule has 2 aromatic rings. The summed E-state index contributed by atoms with van der Waals surface area (Å²) in [5, 5.41) is 0.423. The van der Waals surface area contributed by atoms with Gasteiger partial charge in [0.25, 0.3) is 0 Å². The van der Waals surface area contributed by atoms with Crippen molar-refractivity contribution in [3.05, 3.63) is 58.9 Å². The Morgan fingerprint density at radius 1 is 1.18 bits per heavy atom. The maximum absolute atomic E-state index is 13.6. The third-order valence-electron chi connectivity index (χ3n) is 2.40. The van der Waals surface area contributed by atoms with Crippen LogP contribution in [0.5, 0.6) is 0 Å². The van der Waals surface area contributed by atoms with Crippen LogP contribution in [-0.2, 0) is 0 Å². The number of hydrogen-bond acceptors (Lipinski definition) is 4. The molecule has 0 aliphatic rings. The maximum Gasteiger partial charge on any atom is 0.146 e. The van der Waals surface area contributed by atoms with Crippen molar-refractivity contribution in [3.63, 3.8) is 0 Å². The number of nitrogens with two attached hydrogens (primary N) is 1. The van der Waals surface area contributed by atoms with Crippen LogP contribution < -0.4 is 11.3 Å². The van der Waals surface area contributed by atoms with Crippen LogP contribution in [0.3, 0.4) is 0 Å². The molecule has 2 rings (SSSR count). The smallest absolute Gasteiger partial charge is 0.146 e. The minimum Gasteiger partial charge on any atom is -0.271 e. The average Bonchev–Trinajstić information content (AvgIpc) is 2.34. The quantitative estimate of drug-likeness (QED) is 0.646. The van der Waals surface area contributed by atoms with Gasteiger partial charge in [-0.15, -0.1) is 0 Å². The number of aromatic nitrogens is 2. The molecule has 0 aromatic carbocycles. The molecule has 0 fully saturated rings. The molecule has 0 bridgehead atoms. The summed E-state index contributed by atoms with van der Waals surface area (Å²) < 4.78 is 13.6. The lowest BCUT2D eigenvalue weighted by Crippen LogP contribution is -2.29. The molecule has 0 saturated carbocycles. The zero-order valence-corrected chi connectivity index (χ0v) is 9.53. The summed E-state index contributed by atoms with van der Waals surface area (Å²) in [5.41, 5.74) is 3.58. The van der Waals surface area contributed by atoms with E-state index < -0.39 is 11.9 Å². The molecule has 0 amide bonds. The Labute approximate surface area is 103 Å². The summed E-state index contributed by atoms with van der Waals surface area (Å²) in [6.45, 7) is 0. The Morgan fingerprint density at radius 3 is 2.41 bits per heavy atom. The van der Waals surface area contributed by atoms with Gasteiger partial charge in [0, 0.05) is 24.2 Å². The number of hydrogen-bond donors (Lipinski definition) is 2. The average molecular weight is 253 g/mol. The van der Waals surface area contributed by atoms with Crippen LogP contribution in [0.4, 0.5) is 4.39 Å². The summed E-state index contributed by atoms with van der Waals surface area (Å²) in [6.07, 6.45) is 5.69. The second kappa shape index (κ2) is 5.18. The van der Waals surface area contributed by atoms with Crippen molar-refractivity contribution in [2.24, 2.45) is 5.84 Å². The molecule has 4 nitrogen and oxygen atoms in total. The van der Waals surface area contributed by atoms with Crippen molar-refractivity contribution in [3.8, 4) is 0 Å². The molecule has 0 aliphatic heterocycles. The Kier molecular flexibility index (Phi) is 3.63. The Bertz CT molecular complexity index is 475. The van der Waals surface area contributed by atoms with Crippen molar-refractivity contribution < 1.29 is 4.39 Å². The zero-order valence-electron chi connectivity index (χ0n) is 8.77. The molecule has 17 heavy (non-hydrogen) atoms. The van der Waals surface area contributed by atoms with Crippen LogP contribution in [0.25, 0.3) is 0 Å². The van der Waals surface area contributed by atoms with Gasteiger partial charge in [0.2, 0.25) is 0 Å². The Balaban J connectivity index is 2.48. The largest absolute Gasteiger partial charge is 0.271 e. The Hall–Kier alpha value is -1.56. The Morgan fingerprint density at radius 2 is 1.82 bits per heavy atom. The molecule has 0 aliphatic carbocycles. The van der Waals surface area contributed by atoms with Gasteiger partial charge in [-0.25, -0.2) is 9.82 Å². The van der Waals surface area contributed by atoms with Crippen molar-refractivity contribution in [2.75, 3.05) is 0 Å². The summed E-state index contributed by atoms with van der Waals surface area (Å²) in [4.78, 5) is 7.56. The second-order valence-corrected chi connectivity index (χ2v) is 3.80. The van der Waals surface area contributed by atoms with Gasteiger partial charge in [-0.05, 0) is 17.7 Å². The first-order valence-electron chi connectivity index (χ1n) is 4.89. The van der Waals surface area contributed by atoms with Gasteiger partial charge >= 0.3 is 0 Å². The molecular weight excluding hydrogens is 243 g/mol. The first-order chi connectivity index (χ1) is 8.24. The minimum absolute atomic E-state index is 0.385. The maximum atomic E-state index is 13.6. The minimum atomic E-state index is -0.534. The van der Waals surface area contributed by atoms with Gasteiger partial charge in [-0.3, -0.25) is 15.8 Å². The molecule has 0 spiro atoms. The van der Waals surface area contributed by atoms with E-state index in [1.54, 1.807) is 18.3 Å². The van der Waals surface area contributed by atoms with E-state index in [9.17, 15) is 4.39 Å². The highest BCUT2D eigenvalue weighted by Crippen LogP contribution is 2.27. The number of nitrogens with one attached hydrogen (secondary N) is 1. The first-order valence-corrected chi connectivity index (χ1v) is 5.26. The fraction of sp³-hybridized carbons (Fsp3) is 0.0909. The van der Waals surface area contributed by atoms with E-state index in [4.69, 9.17) is 17.4 Å². The van der Waals surface area contributed by atoms with E-state index in [2.05, 4.69) is 15.4 Å². The highest BCUT2D eigenvalue weighted by atomic mass is 35.5. The molecule has 0 saturated heterocycles. The molecule has 1 unspecified atom stereocenters. The fourth-order valence-electron chi connectivity index (χ4n) is 1.59. The van der Waals surface area contributed by atoms with Crippen LogP contribution in [-0.4, -0.2) is 9.97 Å². The second-order valence-electron chi connectivity index (χ2n) is 3.39. The lowest BCUT2D eigenvalue weighted by atomic mass is 10.0. The van der Waals surface area contributed by atoms with Gasteiger partial charge in [0.05, 0.1) is 17.3 Å². The van der Waals surface area contributed by atoms with Gasteiger partial charge in [0.1, 0.15) is 5.82 Å². The zero-order chi connectivity index (χ0) is 12.3. The van der Waals surface area contributed by atoms with E-state index in [0.717, 1.165) is 6.20 Å². The van der Waals surface area contributed by atoms with Gasteiger partial charge in [-0.2, -0.15) is 0 Å². The first kappa shape index (κ1) is 11.9. The number of hydrazine groups is 1. The van der Waals surface area contributed by atoms with Crippen molar-refractivity contribution in [2.45, 2.75) is 6.04 Å². The molecule has 2 aromatic heterocycles. The number of pyridine rings is 2. The standard InChI is InChI=1S/C11H10ClFN4/c12-9-5-15-3-1-7(9)11(17-14)8-2-4-16-6-10(8)13/h1-6,11,17H,14H2. The predicted molar refractivity (Wildman–Crippen MR) is 62.6 cm³/mol. The highest BCUT2D eigenvalue weighted by Gasteiger charge is 2.18. The third-order valence-corrected chi connectivity index (χ3v) is 2.71. The number of rotatable bonds is 3. The van der Waals surface area contributed by atoms with E-state index in [1.165, 1.54) is 12.4 Å². The van der Waals surface area contributed by atoms with Crippen molar-refractivity contribution in [1.82, 2.24) is 15.4 Å². The monoisotopic (exact) mass is 252 g/mol. The summed E-state index contributed by atoms with van der Waals surface area (Å²) >= 11 is 6.00. The summed E-state index contributed by atoms with van der Waals surface area (Å²) in [7, 11) is 0. The molecule has 3 N–H and O–H groups in total. The van der Waals surface area contributed by atoms with Crippen molar-refractivity contribution in [1.29, 1.82) is 0 Å². The SMILES string of the molecule is NNC(c1ccncc1F)c1ccncc1Cl. The summed E-state index contributed by atoms with van der Waals surface area (Å²) in [5.74, 6) is 5.02. The molecule has 88 valence electrons. The van der Waals surface area contributed by atoms with Crippen molar-refractivity contribution >= 4 is 11.6 Å². The van der Waals surface area contributed by atoms with E-state index in [0.29, 0.717) is 16.1 Å². The van der Waals surface area contributed by atoms with Crippen LogP contribution in [0.2, 0.25) is 5.02 Å². The molecule has 2 heterocycles. The summed E-state index contributed by atoms with van der Waals surface area (Å²) in [6, 6.07) is 2.71. The van der Waals surface area contributed by atoms with Crippen LogP contribution in [0.15, 0.2) is 36.9 Å². The lowest BCUT2D eigenvalue weighted by Gasteiger charge is -2.18. The van der Waals surface area contributed by atoms with E-state index >= 15 is 0 Å². The topological polar surface area (TPSA) is 63.8 Å². The lowest BCUT2D eigenvalue weighted by molar-refractivity contribution is 0.555.